The lowest BCUT2D eigenvalue weighted by atomic mass is 9.98. The molecule has 2 aromatic rings. The highest BCUT2D eigenvalue weighted by Crippen LogP contribution is 2.24. The van der Waals surface area contributed by atoms with Crippen LogP contribution in [-0.4, -0.2) is 11.9 Å². The van der Waals surface area contributed by atoms with Gasteiger partial charge in [-0.2, -0.15) is 0 Å². The molecule has 2 rings (SSSR count). The Morgan fingerprint density at radius 1 is 1.10 bits per heavy atom. The highest BCUT2D eigenvalue weighted by Gasteiger charge is 2.16. The molecule has 0 aliphatic heterocycles. The van der Waals surface area contributed by atoms with Gasteiger partial charge in [-0.15, -0.1) is 0 Å². The zero-order valence-electron chi connectivity index (χ0n) is 13.0. The first-order valence-corrected chi connectivity index (χ1v) is 7.51. The van der Waals surface area contributed by atoms with Gasteiger partial charge in [0.15, 0.2) is 0 Å². The largest absolute Gasteiger partial charge is 0.350 e. The van der Waals surface area contributed by atoms with E-state index < -0.39 is 0 Å². The predicted molar refractivity (Wildman–Crippen MR) is 87.9 cm³/mol. The molecule has 2 atom stereocenters. The summed E-state index contributed by atoms with van der Waals surface area (Å²) in [5.74, 6) is 0.320. The van der Waals surface area contributed by atoms with E-state index in [2.05, 4.69) is 29.6 Å². The number of benzene rings is 2. The smallest absolute Gasteiger partial charge is 0.222 e. The average molecular weight is 284 g/mol. The van der Waals surface area contributed by atoms with Crippen molar-refractivity contribution in [3.05, 3.63) is 48.0 Å². The molecule has 0 aliphatic rings. The second-order valence-corrected chi connectivity index (χ2v) is 5.97. The summed E-state index contributed by atoms with van der Waals surface area (Å²) in [5.41, 5.74) is 7.10. The van der Waals surface area contributed by atoms with Crippen LogP contribution in [0.1, 0.15) is 38.8 Å². The van der Waals surface area contributed by atoms with Crippen molar-refractivity contribution in [1.82, 2.24) is 5.32 Å². The van der Waals surface area contributed by atoms with E-state index >= 15 is 0 Å². The van der Waals surface area contributed by atoms with Crippen LogP contribution >= 0.6 is 0 Å². The molecule has 0 saturated carbocycles. The lowest BCUT2D eigenvalue weighted by Gasteiger charge is -2.19. The third-order valence-electron chi connectivity index (χ3n) is 3.94. The van der Waals surface area contributed by atoms with Gasteiger partial charge in [-0.05, 0) is 29.2 Å². The van der Waals surface area contributed by atoms with Crippen LogP contribution in [0, 0.1) is 5.92 Å². The fraction of sp³-hybridized carbons (Fsp3) is 0.389. The molecule has 0 aliphatic carbocycles. The Morgan fingerprint density at radius 3 is 2.48 bits per heavy atom. The number of fused-ring (bicyclic) bond motifs is 1. The molecule has 0 bridgehead atoms. The lowest BCUT2D eigenvalue weighted by molar-refractivity contribution is -0.122. The van der Waals surface area contributed by atoms with Crippen LogP contribution in [0.2, 0.25) is 0 Å². The number of nitrogens with two attached hydrogens (primary N) is 1. The molecule has 2 unspecified atom stereocenters. The van der Waals surface area contributed by atoms with E-state index in [1.165, 1.54) is 10.8 Å². The highest BCUT2D eigenvalue weighted by atomic mass is 16.1. The standard InChI is InChI=1S/C18H24N2O/c1-12(2)17(19)11-18(21)20-13(3)15-10-6-8-14-7-4-5-9-16(14)15/h4-10,12-13,17H,11,19H2,1-3H3,(H,20,21). The zero-order valence-corrected chi connectivity index (χ0v) is 13.0. The second-order valence-electron chi connectivity index (χ2n) is 5.97. The fourth-order valence-electron chi connectivity index (χ4n) is 2.46. The molecule has 0 saturated heterocycles. The molecule has 21 heavy (non-hydrogen) atoms. The molecule has 0 heterocycles. The molecule has 1 amide bonds. The number of rotatable bonds is 5. The number of hydrogen-bond acceptors (Lipinski definition) is 2. The lowest BCUT2D eigenvalue weighted by Crippen LogP contribution is -2.35. The minimum Gasteiger partial charge on any atom is -0.350 e. The molecule has 0 aromatic heterocycles. The first kappa shape index (κ1) is 15.5. The van der Waals surface area contributed by atoms with Gasteiger partial charge in [-0.3, -0.25) is 4.79 Å². The van der Waals surface area contributed by atoms with Gasteiger partial charge in [-0.25, -0.2) is 0 Å². The second kappa shape index (κ2) is 6.72. The normalized spacial score (nSPS) is 14.1. The number of nitrogens with one attached hydrogen (secondary N) is 1. The predicted octanol–water partition coefficient (Wildman–Crippen LogP) is 3.39. The third-order valence-corrected chi connectivity index (χ3v) is 3.94. The Labute approximate surface area is 126 Å². The Kier molecular flexibility index (Phi) is 4.97. The molecule has 2 aromatic carbocycles. The van der Waals surface area contributed by atoms with E-state index in [0.717, 1.165) is 5.56 Å². The molecule has 3 heteroatoms. The highest BCUT2D eigenvalue weighted by molar-refractivity contribution is 5.87. The Morgan fingerprint density at radius 2 is 1.76 bits per heavy atom. The van der Waals surface area contributed by atoms with E-state index in [1.807, 2.05) is 39.0 Å². The van der Waals surface area contributed by atoms with Crippen LogP contribution in [-0.2, 0) is 4.79 Å². The Hall–Kier alpha value is -1.87. The van der Waals surface area contributed by atoms with Gasteiger partial charge < -0.3 is 11.1 Å². The summed E-state index contributed by atoms with van der Waals surface area (Å²) in [7, 11) is 0. The van der Waals surface area contributed by atoms with Gasteiger partial charge in [0.2, 0.25) is 5.91 Å². The van der Waals surface area contributed by atoms with Gasteiger partial charge in [0.1, 0.15) is 0 Å². The van der Waals surface area contributed by atoms with Crippen molar-refractivity contribution in [2.75, 3.05) is 0 Å². The molecular formula is C18H24N2O. The topological polar surface area (TPSA) is 55.1 Å². The average Bonchev–Trinajstić information content (AvgIpc) is 2.46. The van der Waals surface area contributed by atoms with Crippen molar-refractivity contribution in [3.8, 4) is 0 Å². The van der Waals surface area contributed by atoms with Gasteiger partial charge in [-0.1, -0.05) is 56.3 Å². The molecule has 0 spiro atoms. The number of carbonyl (C=O) groups excluding carboxylic acids is 1. The number of amides is 1. The van der Waals surface area contributed by atoms with E-state index in [0.29, 0.717) is 12.3 Å². The molecule has 3 N–H and O–H groups in total. The zero-order chi connectivity index (χ0) is 15.4. The Balaban J connectivity index is 2.12. The van der Waals surface area contributed by atoms with Crippen molar-refractivity contribution >= 4 is 16.7 Å². The summed E-state index contributed by atoms with van der Waals surface area (Å²) in [6, 6.07) is 14.3. The molecule has 0 fully saturated rings. The van der Waals surface area contributed by atoms with Gasteiger partial charge in [0.25, 0.3) is 0 Å². The third kappa shape index (κ3) is 3.82. The maximum atomic E-state index is 12.1. The summed E-state index contributed by atoms with van der Waals surface area (Å²) in [5, 5.41) is 5.43. The van der Waals surface area contributed by atoms with E-state index in [1.54, 1.807) is 0 Å². The molecule has 3 nitrogen and oxygen atoms in total. The monoisotopic (exact) mass is 284 g/mol. The van der Waals surface area contributed by atoms with Crippen molar-refractivity contribution in [3.63, 3.8) is 0 Å². The van der Waals surface area contributed by atoms with Gasteiger partial charge in [0, 0.05) is 12.5 Å². The molecule has 112 valence electrons. The SMILES string of the molecule is CC(NC(=O)CC(N)C(C)C)c1cccc2ccccc12. The van der Waals surface area contributed by atoms with E-state index in [-0.39, 0.29) is 18.0 Å². The van der Waals surface area contributed by atoms with Crippen molar-refractivity contribution < 1.29 is 4.79 Å². The number of carbonyl (C=O) groups is 1. The van der Waals surface area contributed by atoms with Crippen LogP contribution in [0.5, 0.6) is 0 Å². The van der Waals surface area contributed by atoms with E-state index in [4.69, 9.17) is 5.73 Å². The maximum Gasteiger partial charge on any atom is 0.222 e. The van der Waals surface area contributed by atoms with Crippen LogP contribution < -0.4 is 11.1 Å². The van der Waals surface area contributed by atoms with Crippen LogP contribution in [0.3, 0.4) is 0 Å². The first-order valence-electron chi connectivity index (χ1n) is 7.51. The van der Waals surface area contributed by atoms with Crippen LogP contribution in [0.15, 0.2) is 42.5 Å². The maximum absolute atomic E-state index is 12.1. The summed E-state index contributed by atoms with van der Waals surface area (Å²) >= 11 is 0. The molecule has 0 radical (unpaired) electrons. The van der Waals surface area contributed by atoms with Crippen molar-refractivity contribution in [1.29, 1.82) is 0 Å². The first-order chi connectivity index (χ1) is 9.99. The minimum absolute atomic E-state index is 0.0108. The summed E-state index contributed by atoms with van der Waals surface area (Å²) in [6.07, 6.45) is 0.368. The fourth-order valence-corrected chi connectivity index (χ4v) is 2.46. The van der Waals surface area contributed by atoms with E-state index in [9.17, 15) is 4.79 Å². The van der Waals surface area contributed by atoms with Crippen molar-refractivity contribution in [2.24, 2.45) is 11.7 Å². The summed E-state index contributed by atoms with van der Waals surface area (Å²) < 4.78 is 0. The number of hydrogen-bond donors (Lipinski definition) is 2. The molecular weight excluding hydrogens is 260 g/mol. The quantitative estimate of drug-likeness (QED) is 0.884. The van der Waals surface area contributed by atoms with Crippen LogP contribution in [0.25, 0.3) is 10.8 Å². The van der Waals surface area contributed by atoms with Crippen LogP contribution in [0.4, 0.5) is 0 Å². The van der Waals surface area contributed by atoms with Crippen molar-refractivity contribution in [2.45, 2.75) is 39.3 Å². The Bertz CT molecular complexity index is 616. The summed E-state index contributed by atoms with van der Waals surface area (Å²) in [4.78, 5) is 12.1. The van der Waals surface area contributed by atoms with Gasteiger partial charge >= 0.3 is 0 Å². The minimum atomic E-state index is -0.0929. The van der Waals surface area contributed by atoms with Gasteiger partial charge in [0.05, 0.1) is 6.04 Å². The summed E-state index contributed by atoms with van der Waals surface area (Å²) in [6.45, 7) is 6.08.